The molecule has 0 spiro atoms. The fourth-order valence-corrected chi connectivity index (χ4v) is 4.04. The molecule has 170 valence electrons. The molecule has 0 aliphatic carbocycles. The summed E-state index contributed by atoms with van der Waals surface area (Å²) >= 11 is 1.34. The number of benzene rings is 2. The Morgan fingerprint density at radius 1 is 0.969 bits per heavy atom. The van der Waals surface area contributed by atoms with Gasteiger partial charge in [0, 0.05) is 12.1 Å². The van der Waals surface area contributed by atoms with Crippen molar-refractivity contribution in [1.29, 1.82) is 0 Å². The van der Waals surface area contributed by atoms with Gasteiger partial charge in [0.1, 0.15) is 11.5 Å². The first-order chi connectivity index (χ1) is 15.5. The van der Waals surface area contributed by atoms with Gasteiger partial charge in [0.05, 0.1) is 27.1 Å². The number of nitrogens with zero attached hydrogens (tertiary/aromatic N) is 3. The Balaban J connectivity index is 1.68. The minimum absolute atomic E-state index is 0.0364. The fourth-order valence-electron chi connectivity index (χ4n) is 3.14. The van der Waals surface area contributed by atoms with E-state index in [0.29, 0.717) is 40.3 Å². The second-order valence-electron chi connectivity index (χ2n) is 6.80. The average Bonchev–Trinajstić information content (AvgIpc) is 3.25. The van der Waals surface area contributed by atoms with Crippen LogP contribution in [-0.4, -0.2) is 47.6 Å². The minimum Gasteiger partial charge on any atom is -0.497 e. The van der Waals surface area contributed by atoms with Gasteiger partial charge in [-0.1, -0.05) is 11.8 Å². The zero-order valence-corrected chi connectivity index (χ0v) is 19.6. The van der Waals surface area contributed by atoms with Crippen LogP contribution in [0.3, 0.4) is 0 Å². The van der Waals surface area contributed by atoms with Gasteiger partial charge >= 0.3 is 0 Å². The molecule has 3 rings (SSSR count). The van der Waals surface area contributed by atoms with Crippen LogP contribution in [0.5, 0.6) is 23.0 Å². The van der Waals surface area contributed by atoms with E-state index in [-0.39, 0.29) is 17.6 Å². The first-order valence-corrected chi connectivity index (χ1v) is 11.1. The number of hydrogen-bond acceptors (Lipinski definition) is 8. The summed E-state index contributed by atoms with van der Waals surface area (Å²) in [5.41, 5.74) is 0.550. The standard InChI is InChI=1S/C23H27N3O5S/c1-6-26-22(15(2)31-18-10-8-17(28-3)9-11-18)24-25-23(26)32-14-19(27)16-7-12-20(29-4)21(13-16)30-5/h7-13,15H,6,14H2,1-5H3. The summed E-state index contributed by atoms with van der Waals surface area (Å²) < 4.78 is 23.7. The Morgan fingerprint density at radius 2 is 1.66 bits per heavy atom. The highest BCUT2D eigenvalue weighted by Crippen LogP contribution is 2.29. The number of ketones is 1. The van der Waals surface area contributed by atoms with E-state index in [2.05, 4.69) is 10.2 Å². The predicted molar refractivity (Wildman–Crippen MR) is 122 cm³/mol. The summed E-state index contributed by atoms with van der Waals surface area (Å²) in [6.45, 7) is 4.59. The van der Waals surface area contributed by atoms with Crippen LogP contribution < -0.4 is 18.9 Å². The highest BCUT2D eigenvalue weighted by Gasteiger charge is 2.20. The molecule has 0 fully saturated rings. The van der Waals surface area contributed by atoms with Gasteiger partial charge in [0.15, 0.2) is 34.4 Å². The van der Waals surface area contributed by atoms with Gasteiger partial charge < -0.3 is 23.5 Å². The molecule has 9 heteroatoms. The molecule has 0 radical (unpaired) electrons. The molecule has 0 aliphatic rings. The van der Waals surface area contributed by atoms with E-state index in [1.165, 1.54) is 11.8 Å². The lowest BCUT2D eigenvalue weighted by Crippen LogP contribution is -2.12. The van der Waals surface area contributed by atoms with Crippen LogP contribution in [0.25, 0.3) is 0 Å². The van der Waals surface area contributed by atoms with Gasteiger partial charge in [-0.25, -0.2) is 0 Å². The Labute approximate surface area is 191 Å². The van der Waals surface area contributed by atoms with Gasteiger partial charge in [-0.2, -0.15) is 0 Å². The number of carbonyl (C=O) groups excluding carboxylic acids is 1. The number of methoxy groups -OCH3 is 3. The molecule has 2 aromatic carbocycles. The van der Waals surface area contributed by atoms with Crippen molar-refractivity contribution in [2.24, 2.45) is 0 Å². The molecule has 1 unspecified atom stereocenters. The first kappa shape index (κ1) is 23.5. The fraction of sp³-hybridized carbons (Fsp3) is 0.348. The zero-order chi connectivity index (χ0) is 23.1. The lowest BCUT2D eigenvalue weighted by atomic mass is 10.1. The summed E-state index contributed by atoms with van der Waals surface area (Å²) in [4.78, 5) is 12.7. The number of carbonyl (C=O) groups is 1. The number of thioether (sulfide) groups is 1. The molecule has 1 aromatic heterocycles. The summed E-state index contributed by atoms with van der Waals surface area (Å²) in [7, 11) is 4.72. The summed E-state index contributed by atoms with van der Waals surface area (Å²) in [6, 6.07) is 12.5. The van der Waals surface area contributed by atoms with Crippen molar-refractivity contribution in [3.63, 3.8) is 0 Å². The minimum atomic E-state index is -0.313. The van der Waals surface area contributed by atoms with Crippen LogP contribution >= 0.6 is 11.8 Å². The van der Waals surface area contributed by atoms with Gasteiger partial charge in [-0.15, -0.1) is 10.2 Å². The van der Waals surface area contributed by atoms with E-state index in [0.717, 1.165) is 5.75 Å². The molecule has 1 heterocycles. The predicted octanol–water partition coefficient (Wildman–Crippen LogP) is 4.44. The van der Waals surface area contributed by atoms with E-state index >= 15 is 0 Å². The maximum Gasteiger partial charge on any atom is 0.191 e. The molecule has 0 N–H and O–H groups in total. The molecule has 32 heavy (non-hydrogen) atoms. The number of hydrogen-bond donors (Lipinski definition) is 0. The molecular weight excluding hydrogens is 430 g/mol. The quantitative estimate of drug-likeness (QED) is 0.309. The first-order valence-electron chi connectivity index (χ1n) is 10.1. The highest BCUT2D eigenvalue weighted by atomic mass is 32.2. The Kier molecular flexibility index (Phi) is 7.99. The Bertz CT molecular complexity index is 1050. The van der Waals surface area contributed by atoms with Crippen LogP contribution in [0, 0.1) is 0 Å². The molecule has 0 aliphatic heterocycles. The van der Waals surface area contributed by atoms with Crippen LogP contribution in [0.4, 0.5) is 0 Å². The lowest BCUT2D eigenvalue weighted by Gasteiger charge is -2.15. The Hall–Kier alpha value is -3.20. The number of Topliss-reactive ketones (excluding diaryl/α,β-unsaturated/α-hetero) is 1. The molecule has 3 aromatic rings. The van der Waals surface area contributed by atoms with E-state index in [1.807, 2.05) is 42.7 Å². The van der Waals surface area contributed by atoms with Crippen molar-refractivity contribution >= 4 is 17.5 Å². The molecule has 0 saturated carbocycles. The molecule has 1 atom stereocenters. The van der Waals surface area contributed by atoms with E-state index in [1.54, 1.807) is 39.5 Å². The second kappa shape index (κ2) is 10.9. The maximum absolute atomic E-state index is 12.7. The highest BCUT2D eigenvalue weighted by molar-refractivity contribution is 7.99. The third-order valence-electron chi connectivity index (χ3n) is 4.84. The van der Waals surface area contributed by atoms with Gasteiger partial charge in [0.2, 0.25) is 0 Å². The van der Waals surface area contributed by atoms with Crippen LogP contribution in [0.1, 0.15) is 36.1 Å². The molecule has 8 nitrogen and oxygen atoms in total. The van der Waals surface area contributed by atoms with Crippen LogP contribution in [-0.2, 0) is 6.54 Å². The Morgan fingerprint density at radius 3 is 2.28 bits per heavy atom. The third kappa shape index (κ3) is 5.34. The number of aromatic nitrogens is 3. The zero-order valence-electron chi connectivity index (χ0n) is 18.8. The molecule has 0 amide bonds. The van der Waals surface area contributed by atoms with Gasteiger partial charge in [0.25, 0.3) is 0 Å². The smallest absolute Gasteiger partial charge is 0.191 e. The van der Waals surface area contributed by atoms with Gasteiger partial charge in [-0.05, 0) is 56.3 Å². The SMILES string of the molecule is CCn1c(SCC(=O)c2ccc(OC)c(OC)c2)nnc1C(C)Oc1ccc(OC)cc1. The maximum atomic E-state index is 12.7. The summed E-state index contributed by atoms with van der Waals surface area (Å²) in [5.74, 6) is 3.46. The normalized spacial score (nSPS) is 11.7. The third-order valence-corrected chi connectivity index (χ3v) is 5.80. The van der Waals surface area contributed by atoms with Crippen molar-refractivity contribution in [1.82, 2.24) is 14.8 Å². The second-order valence-corrected chi connectivity index (χ2v) is 7.74. The van der Waals surface area contributed by atoms with Crippen molar-refractivity contribution in [3.05, 3.63) is 53.9 Å². The molecule has 0 bridgehead atoms. The summed E-state index contributed by atoms with van der Waals surface area (Å²) in [6.07, 6.45) is -0.313. The van der Waals surface area contributed by atoms with E-state index in [4.69, 9.17) is 18.9 Å². The monoisotopic (exact) mass is 457 g/mol. The van der Waals surface area contributed by atoms with Crippen molar-refractivity contribution in [2.75, 3.05) is 27.1 Å². The van der Waals surface area contributed by atoms with Crippen molar-refractivity contribution in [3.8, 4) is 23.0 Å². The van der Waals surface area contributed by atoms with Gasteiger partial charge in [-0.3, -0.25) is 4.79 Å². The van der Waals surface area contributed by atoms with Crippen molar-refractivity contribution in [2.45, 2.75) is 31.7 Å². The lowest BCUT2D eigenvalue weighted by molar-refractivity contribution is 0.102. The largest absolute Gasteiger partial charge is 0.497 e. The summed E-state index contributed by atoms with van der Waals surface area (Å²) in [5, 5.41) is 9.26. The average molecular weight is 458 g/mol. The van der Waals surface area contributed by atoms with E-state index < -0.39 is 0 Å². The van der Waals surface area contributed by atoms with Crippen LogP contribution in [0.2, 0.25) is 0 Å². The molecular formula is C23H27N3O5S. The molecule has 0 saturated heterocycles. The van der Waals surface area contributed by atoms with Crippen LogP contribution in [0.15, 0.2) is 47.6 Å². The number of ether oxygens (including phenoxy) is 4. The topological polar surface area (TPSA) is 84.7 Å². The van der Waals surface area contributed by atoms with Crippen molar-refractivity contribution < 1.29 is 23.7 Å². The van der Waals surface area contributed by atoms with E-state index in [9.17, 15) is 4.79 Å². The number of rotatable bonds is 11.